The molecule has 1 aliphatic rings. The molecule has 1 N–H and O–H groups in total. The maximum absolute atomic E-state index is 12.9. The Bertz CT molecular complexity index is 774. The maximum Gasteiger partial charge on any atom is 0.270 e. The average molecular weight is 367 g/mol. The van der Waals surface area contributed by atoms with Crippen molar-refractivity contribution < 1.29 is 4.79 Å². The molecule has 5 nitrogen and oxygen atoms in total. The van der Waals surface area contributed by atoms with E-state index in [1.165, 1.54) is 18.4 Å². The van der Waals surface area contributed by atoms with Crippen LogP contribution in [0.4, 0.5) is 0 Å². The van der Waals surface area contributed by atoms with Crippen LogP contribution in [0.2, 0.25) is 0 Å². The molecule has 0 spiro atoms. The number of piperidine rings is 1. The standard InChI is InChI=1S/C22H30N4O/c1-25(2)16-17-8-6-9-18(14-17)20-11-7-12-23-21(20)22(27)24-15-19-10-4-5-13-26(19)3/h6-9,11-12,14,19H,4-5,10,13,15-16H2,1-3H3,(H,24,27)/t19-/m0/s1. The van der Waals surface area contributed by atoms with Gasteiger partial charge >= 0.3 is 0 Å². The van der Waals surface area contributed by atoms with Gasteiger partial charge in [-0.1, -0.05) is 30.7 Å². The molecule has 3 rings (SSSR count). The highest BCUT2D eigenvalue weighted by molar-refractivity contribution is 5.98. The molecular formula is C22H30N4O. The van der Waals surface area contributed by atoms with E-state index in [0.29, 0.717) is 18.3 Å². The molecule has 27 heavy (non-hydrogen) atoms. The van der Waals surface area contributed by atoms with Gasteiger partial charge in [0.1, 0.15) is 5.69 Å². The summed E-state index contributed by atoms with van der Waals surface area (Å²) in [5, 5.41) is 3.10. The van der Waals surface area contributed by atoms with E-state index in [4.69, 9.17) is 0 Å². The molecule has 2 aromatic rings. The predicted octanol–water partition coefficient (Wildman–Crippen LogP) is 3.02. The zero-order valence-corrected chi connectivity index (χ0v) is 16.6. The minimum absolute atomic E-state index is 0.0948. The Hall–Kier alpha value is -2.24. The summed E-state index contributed by atoms with van der Waals surface area (Å²) in [6.45, 7) is 2.64. The van der Waals surface area contributed by atoms with Crippen LogP contribution in [-0.4, -0.2) is 61.0 Å². The van der Waals surface area contributed by atoms with Crippen LogP contribution in [0.1, 0.15) is 35.3 Å². The molecule has 5 heteroatoms. The molecule has 1 fully saturated rings. The molecule has 1 aliphatic heterocycles. The van der Waals surface area contributed by atoms with Gasteiger partial charge in [0, 0.05) is 30.9 Å². The van der Waals surface area contributed by atoms with Gasteiger partial charge in [-0.25, -0.2) is 0 Å². The third-order valence-corrected chi connectivity index (χ3v) is 5.18. The van der Waals surface area contributed by atoms with Crippen molar-refractivity contribution in [1.82, 2.24) is 20.1 Å². The summed E-state index contributed by atoms with van der Waals surface area (Å²) in [4.78, 5) is 21.7. The lowest BCUT2D eigenvalue weighted by molar-refractivity contribution is 0.0924. The number of likely N-dealkylation sites (tertiary alicyclic amines) is 1. The quantitative estimate of drug-likeness (QED) is 0.854. The molecule has 144 valence electrons. The largest absolute Gasteiger partial charge is 0.349 e. The van der Waals surface area contributed by atoms with E-state index in [-0.39, 0.29) is 5.91 Å². The average Bonchev–Trinajstić information content (AvgIpc) is 2.67. The molecule has 2 heterocycles. The number of hydrogen-bond acceptors (Lipinski definition) is 4. The Labute approximate surface area is 162 Å². The number of hydrogen-bond donors (Lipinski definition) is 1. The highest BCUT2D eigenvalue weighted by Gasteiger charge is 2.21. The molecule has 0 unspecified atom stereocenters. The Kier molecular flexibility index (Phi) is 6.58. The number of aromatic nitrogens is 1. The number of likely N-dealkylation sites (N-methyl/N-ethyl adjacent to an activating group) is 1. The van der Waals surface area contributed by atoms with E-state index in [2.05, 4.69) is 53.4 Å². The van der Waals surface area contributed by atoms with Crippen LogP contribution >= 0.6 is 0 Å². The zero-order chi connectivity index (χ0) is 19.2. The third-order valence-electron chi connectivity index (χ3n) is 5.18. The summed E-state index contributed by atoms with van der Waals surface area (Å²) in [6, 6.07) is 12.6. The molecule has 0 saturated carbocycles. The first-order valence-electron chi connectivity index (χ1n) is 9.72. The molecule has 1 aromatic carbocycles. The van der Waals surface area contributed by atoms with E-state index in [1.807, 2.05) is 24.3 Å². The van der Waals surface area contributed by atoms with Gasteiger partial charge < -0.3 is 15.1 Å². The second kappa shape index (κ2) is 9.11. The number of nitrogens with one attached hydrogen (secondary N) is 1. The summed E-state index contributed by atoms with van der Waals surface area (Å²) in [6.07, 6.45) is 5.31. The number of amides is 1. The van der Waals surface area contributed by atoms with Crippen molar-refractivity contribution in [3.8, 4) is 11.1 Å². The van der Waals surface area contributed by atoms with Gasteiger partial charge in [0.25, 0.3) is 5.91 Å². The molecule has 1 amide bonds. The van der Waals surface area contributed by atoms with Crippen molar-refractivity contribution in [3.63, 3.8) is 0 Å². The monoisotopic (exact) mass is 366 g/mol. The minimum Gasteiger partial charge on any atom is -0.349 e. The van der Waals surface area contributed by atoms with E-state index in [0.717, 1.165) is 30.6 Å². The Morgan fingerprint density at radius 2 is 2.11 bits per heavy atom. The van der Waals surface area contributed by atoms with E-state index in [9.17, 15) is 4.79 Å². The number of benzene rings is 1. The molecule has 0 aliphatic carbocycles. The lowest BCUT2D eigenvalue weighted by Crippen LogP contribution is -2.44. The van der Waals surface area contributed by atoms with Crippen LogP contribution in [0.5, 0.6) is 0 Å². The van der Waals surface area contributed by atoms with Crippen LogP contribution in [0.3, 0.4) is 0 Å². The van der Waals surface area contributed by atoms with E-state index < -0.39 is 0 Å². The Balaban J connectivity index is 1.76. The Morgan fingerprint density at radius 1 is 1.26 bits per heavy atom. The summed E-state index contributed by atoms with van der Waals surface area (Å²) in [7, 11) is 6.24. The molecule has 1 saturated heterocycles. The minimum atomic E-state index is -0.0948. The second-order valence-corrected chi connectivity index (χ2v) is 7.68. The molecule has 0 radical (unpaired) electrons. The van der Waals surface area contributed by atoms with Gasteiger partial charge in [-0.05, 0) is 63.8 Å². The molecule has 1 atom stereocenters. The van der Waals surface area contributed by atoms with E-state index in [1.54, 1.807) is 6.20 Å². The SMILES string of the molecule is CN(C)Cc1cccc(-c2cccnc2C(=O)NC[C@@H]2CCCCN2C)c1. The highest BCUT2D eigenvalue weighted by atomic mass is 16.1. The van der Waals surface area contributed by atoms with E-state index >= 15 is 0 Å². The fourth-order valence-corrected chi connectivity index (χ4v) is 3.72. The van der Waals surface area contributed by atoms with Crippen molar-refractivity contribution in [1.29, 1.82) is 0 Å². The number of pyridine rings is 1. The first kappa shape index (κ1) is 19.5. The summed E-state index contributed by atoms with van der Waals surface area (Å²) >= 11 is 0. The van der Waals surface area contributed by atoms with Gasteiger partial charge in [0.2, 0.25) is 0 Å². The first-order valence-corrected chi connectivity index (χ1v) is 9.72. The van der Waals surface area contributed by atoms with Crippen LogP contribution in [0.25, 0.3) is 11.1 Å². The molecule has 1 aromatic heterocycles. The normalized spacial score (nSPS) is 17.9. The third kappa shape index (κ3) is 5.15. The van der Waals surface area contributed by atoms with Crippen LogP contribution < -0.4 is 5.32 Å². The van der Waals surface area contributed by atoms with Gasteiger partial charge in [0.15, 0.2) is 0 Å². The first-order chi connectivity index (χ1) is 13.0. The van der Waals surface area contributed by atoms with Crippen LogP contribution in [-0.2, 0) is 6.54 Å². The topological polar surface area (TPSA) is 48.5 Å². The fourth-order valence-electron chi connectivity index (χ4n) is 3.72. The summed E-state index contributed by atoms with van der Waals surface area (Å²) < 4.78 is 0. The molecular weight excluding hydrogens is 336 g/mol. The van der Waals surface area contributed by atoms with Crippen molar-refractivity contribution in [2.75, 3.05) is 34.2 Å². The predicted molar refractivity (Wildman–Crippen MR) is 110 cm³/mol. The number of rotatable bonds is 6. The Morgan fingerprint density at radius 3 is 2.89 bits per heavy atom. The van der Waals surface area contributed by atoms with Gasteiger partial charge in [-0.15, -0.1) is 0 Å². The molecule has 0 bridgehead atoms. The van der Waals surface area contributed by atoms with Crippen molar-refractivity contribution in [2.24, 2.45) is 0 Å². The lowest BCUT2D eigenvalue weighted by atomic mass is 10.0. The number of carbonyl (C=O) groups is 1. The zero-order valence-electron chi connectivity index (χ0n) is 16.6. The van der Waals surface area contributed by atoms with Gasteiger partial charge in [0.05, 0.1) is 0 Å². The number of carbonyl (C=O) groups excluding carboxylic acids is 1. The highest BCUT2D eigenvalue weighted by Crippen LogP contribution is 2.24. The van der Waals surface area contributed by atoms with Gasteiger partial charge in [-0.2, -0.15) is 0 Å². The number of nitrogens with zero attached hydrogens (tertiary/aromatic N) is 3. The maximum atomic E-state index is 12.9. The van der Waals surface area contributed by atoms with Crippen molar-refractivity contribution >= 4 is 5.91 Å². The van der Waals surface area contributed by atoms with Crippen LogP contribution in [0, 0.1) is 0 Å². The van der Waals surface area contributed by atoms with Crippen molar-refractivity contribution in [3.05, 3.63) is 53.9 Å². The van der Waals surface area contributed by atoms with Crippen LogP contribution in [0.15, 0.2) is 42.6 Å². The second-order valence-electron chi connectivity index (χ2n) is 7.68. The fraction of sp³-hybridized carbons (Fsp3) is 0.455. The van der Waals surface area contributed by atoms with Gasteiger partial charge in [-0.3, -0.25) is 9.78 Å². The van der Waals surface area contributed by atoms with Crippen molar-refractivity contribution in [2.45, 2.75) is 31.8 Å². The lowest BCUT2D eigenvalue weighted by Gasteiger charge is -2.32. The smallest absolute Gasteiger partial charge is 0.270 e. The summed E-state index contributed by atoms with van der Waals surface area (Å²) in [5.74, 6) is -0.0948. The summed E-state index contributed by atoms with van der Waals surface area (Å²) in [5.41, 5.74) is 3.63.